The molecule has 0 radical (unpaired) electrons. The van der Waals surface area contributed by atoms with Crippen molar-refractivity contribution >= 4 is 21.0 Å². The Hall–Kier alpha value is -1.90. The van der Waals surface area contributed by atoms with Crippen LogP contribution in [0.15, 0.2) is 29.4 Å². The lowest BCUT2D eigenvalue weighted by atomic mass is 10.1. The van der Waals surface area contributed by atoms with Gasteiger partial charge in [0, 0.05) is 6.42 Å². The van der Waals surface area contributed by atoms with Gasteiger partial charge in [-0.25, -0.2) is 12.8 Å². The SMILES string of the molecule is CC1(C)CC(S(=O)(=O)CC=Cc2ccc(F)c(C(F)(F)F)c2)=NO1. The number of alkyl halides is 3. The maximum Gasteiger partial charge on any atom is 0.419 e. The number of hydrogen-bond donors (Lipinski definition) is 0. The van der Waals surface area contributed by atoms with Crippen molar-refractivity contribution in [3.8, 4) is 0 Å². The van der Waals surface area contributed by atoms with Crippen molar-refractivity contribution in [3.63, 3.8) is 0 Å². The molecule has 0 spiro atoms. The predicted molar refractivity (Wildman–Crippen MR) is 81.4 cm³/mol. The summed E-state index contributed by atoms with van der Waals surface area (Å²) in [6.45, 7) is 3.37. The molecule has 0 fully saturated rings. The van der Waals surface area contributed by atoms with E-state index in [1.807, 2.05) is 0 Å². The molecule has 0 saturated carbocycles. The summed E-state index contributed by atoms with van der Waals surface area (Å²) in [5.41, 5.74) is -2.06. The molecule has 9 heteroatoms. The summed E-state index contributed by atoms with van der Waals surface area (Å²) < 4.78 is 75.2. The lowest BCUT2D eigenvalue weighted by Crippen LogP contribution is -2.23. The topological polar surface area (TPSA) is 55.7 Å². The zero-order chi connectivity index (χ0) is 18.2. The number of sulfone groups is 1. The van der Waals surface area contributed by atoms with Crippen molar-refractivity contribution in [2.45, 2.75) is 32.0 Å². The zero-order valence-electron chi connectivity index (χ0n) is 12.9. The number of benzene rings is 1. The van der Waals surface area contributed by atoms with Crippen LogP contribution in [-0.4, -0.2) is 24.8 Å². The van der Waals surface area contributed by atoms with Gasteiger partial charge in [-0.2, -0.15) is 13.2 Å². The van der Waals surface area contributed by atoms with Gasteiger partial charge in [-0.05, 0) is 31.5 Å². The van der Waals surface area contributed by atoms with Gasteiger partial charge in [-0.3, -0.25) is 0 Å². The first-order chi connectivity index (χ1) is 10.9. The number of rotatable bonds is 3. The first-order valence-electron chi connectivity index (χ1n) is 6.92. The van der Waals surface area contributed by atoms with Gasteiger partial charge in [-0.15, -0.1) is 0 Å². The molecule has 0 atom stereocenters. The fourth-order valence-electron chi connectivity index (χ4n) is 2.04. The summed E-state index contributed by atoms with van der Waals surface area (Å²) in [5, 5.41) is 3.44. The average Bonchev–Trinajstić information content (AvgIpc) is 2.80. The molecule has 0 amide bonds. The van der Waals surface area contributed by atoms with Crippen molar-refractivity contribution in [2.75, 3.05) is 5.75 Å². The van der Waals surface area contributed by atoms with Crippen LogP contribution in [0.5, 0.6) is 0 Å². The van der Waals surface area contributed by atoms with E-state index in [-0.39, 0.29) is 17.0 Å². The fraction of sp³-hybridized carbons (Fsp3) is 0.400. The highest BCUT2D eigenvalue weighted by molar-refractivity contribution is 8.06. The molecule has 4 nitrogen and oxygen atoms in total. The van der Waals surface area contributed by atoms with Gasteiger partial charge in [0.15, 0.2) is 14.9 Å². The molecule has 132 valence electrons. The van der Waals surface area contributed by atoms with Crippen LogP contribution in [-0.2, 0) is 20.9 Å². The zero-order valence-corrected chi connectivity index (χ0v) is 13.7. The number of halogens is 4. The molecule has 0 N–H and O–H groups in total. The third-order valence-electron chi connectivity index (χ3n) is 3.25. The number of oxime groups is 1. The lowest BCUT2D eigenvalue weighted by molar-refractivity contribution is -0.140. The van der Waals surface area contributed by atoms with Gasteiger partial charge < -0.3 is 4.84 Å². The summed E-state index contributed by atoms with van der Waals surface area (Å²) in [6.07, 6.45) is -2.32. The minimum absolute atomic E-state index is 0.0452. The van der Waals surface area contributed by atoms with E-state index in [4.69, 9.17) is 4.84 Å². The van der Waals surface area contributed by atoms with Crippen molar-refractivity contribution in [1.29, 1.82) is 0 Å². The molecule has 0 unspecified atom stereocenters. The van der Waals surface area contributed by atoms with Gasteiger partial charge >= 0.3 is 6.18 Å². The van der Waals surface area contributed by atoms with Crippen LogP contribution in [0.3, 0.4) is 0 Å². The predicted octanol–water partition coefficient (Wildman–Crippen LogP) is 3.78. The Labute approximate surface area is 136 Å². The fourth-order valence-corrected chi connectivity index (χ4v) is 3.30. The molecular formula is C15H15F4NO3S. The second-order valence-electron chi connectivity index (χ2n) is 5.93. The number of nitrogens with zero attached hydrogens (tertiary/aromatic N) is 1. The van der Waals surface area contributed by atoms with Crippen molar-refractivity contribution in [3.05, 3.63) is 41.2 Å². The molecule has 0 bridgehead atoms. The molecule has 24 heavy (non-hydrogen) atoms. The van der Waals surface area contributed by atoms with E-state index >= 15 is 0 Å². The maximum atomic E-state index is 13.2. The first-order valence-corrected chi connectivity index (χ1v) is 8.57. The Bertz CT molecular complexity index is 795. The molecule has 1 aliphatic heterocycles. The lowest BCUT2D eigenvalue weighted by Gasteiger charge is -2.12. The van der Waals surface area contributed by atoms with E-state index in [9.17, 15) is 26.0 Å². The average molecular weight is 365 g/mol. The molecule has 1 aliphatic rings. The monoisotopic (exact) mass is 365 g/mol. The van der Waals surface area contributed by atoms with E-state index in [1.165, 1.54) is 12.2 Å². The van der Waals surface area contributed by atoms with Gasteiger partial charge in [-0.1, -0.05) is 23.4 Å². The highest BCUT2D eigenvalue weighted by Gasteiger charge is 2.35. The molecule has 1 aromatic rings. The van der Waals surface area contributed by atoms with Crippen molar-refractivity contribution in [1.82, 2.24) is 0 Å². The van der Waals surface area contributed by atoms with Gasteiger partial charge in [0.2, 0.25) is 0 Å². The minimum Gasteiger partial charge on any atom is -0.389 e. The summed E-state index contributed by atoms with van der Waals surface area (Å²) in [7, 11) is -3.71. The Balaban J connectivity index is 2.12. The molecule has 0 aromatic heterocycles. The second-order valence-corrected chi connectivity index (χ2v) is 7.97. The smallest absolute Gasteiger partial charge is 0.389 e. The Morgan fingerprint density at radius 1 is 1.33 bits per heavy atom. The molecule has 1 heterocycles. The standard InChI is InChI=1S/C15H15F4NO3S/c1-14(2)9-13(20-23-14)24(21,22)7-3-4-10-5-6-12(16)11(8-10)15(17,18)19/h3-6,8H,7,9H2,1-2H3. The van der Waals surface area contributed by atoms with Crippen LogP contribution in [0.1, 0.15) is 31.4 Å². The third-order valence-corrected chi connectivity index (χ3v) is 4.82. The van der Waals surface area contributed by atoms with Crippen molar-refractivity contribution < 1.29 is 30.8 Å². The largest absolute Gasteiger partial charge is 0.419 e. The molecule has 1 aromatic carbocycles. The highest BCUT2D eigenvalue weighted by atomic mass is 32.2. The Morgan fingerprint density at radius 2 is 2.00 bits per heavy atom. The molecular weight excluding hydrogens is 350 g/mol. The molecule has 2 rings (SSSR count). The van der Waals surface area contributed by atoms with E-state index < -0.39 is 38.7 Å². The molecule has 0 aliphatic carbocycles. The van der Waals surface area contributed by atoms with Crippen LogP contribution < -0.4 is 0 Å². The maximum absolute atomic E-state index is 13.2. The summed E-state index contributed by atoms with van der Waals surface area (Å²) >= 11 is 0. The van der Waals surface area contributed by atoms with E-state index in [2.05, 4.69) is 5.16 Å². The van der Waals surface area contributed by atoms with Crippen molar-refractivity contribution in [2.24, 2.45) is 5.16 Å². The van der Waals surface area contributed by atoms with Gasteiger partial charge in [0.05, 0.1) is 11.3 Å². The number of hydrogen-bond acceptors (Lipinski definition) is 4. The second kappa shape index (κ2) is 6.19. The summed E-state index contributed by atoms with van der Waals surface area (Å²) in [6, 6.07) is 2.44. The molecule has 0 saturated heterocycles. The Kier molecular flexibility index (Phi) is 4.76. The van der Waals surface area contributed by atoms with E-state index in [0.717, 1.165) is 6.07 Å². The summed E-state index contributed by atoms with van der Waals surface area (Å²) in [4.78, 5) is 4.99. The normalized spacial score (nSPS) is 17.8. The first kappa shape index (κ1) is 18.4. The van der Waals surface area contributed by atoms with E-state index in [1.54, 1.807) is 13.8 Å². The van der Waals surface area contributed by atoms with Crippen LogP contribution in [0.25, 0.3) is 6.08 Å². The third kappa shape index (κ3) is 4.34. The van der Waals surface area contributed by atoms with Crippen LogP contribution in [0, 0.1) is 5.82 Å². The summed E-state index contributed by atoms with van der Waals surface area (Å²) in [5.74, 6) is -1.82. The van der Waals surface area contributed by atoms with Gasteiger partial charge in [0.25, 0.3) is 0 Å². The Morgan fingerprint density at radius 3 is 2.54 bits per heavy atom. The highest BCUT2D eigenvalue weighted by Crippen LogP contribution is 2.32. The van der Waals surface area contributed by atoms with Crippen LogP contribution >= 0.6 is 0 Å². The van der Waals surface area contributed by atoms with Crippen LogP contribution in [0.4, 0.5) is 17.6 Å². The quantitative estimate of drug-likeness (QED) is 0.766. The van der Waals surface area contributed by atoms with Crippen LogP contribution in [0.2, 0.25) is 0 Å². The minimum atomic E-state index is -4.82. The van der Waals surface area contributed by atoms with E-state index in [0.29, 0.717) is 12.1 Å². The van der Waals surface area contributed by atoms with Gasteiger partial charge in [0.1, 0.15) is 11.4 Å².